The lowest BCUT2D eigenvalue weighted by molar-refractivity contribution is -0.136. The second-order valence-corrected chi connectivity index (χ2v) is 7.83. The Hall–Kier alpha value is -1.92. The lowest BCUT2D eigenvalue weighted by atomic mass is 9.90. The van der Waals surface area contributed by atoms with Crippen LogP contribution in [0.5, 0.6) is 0 Å². The number of aromatic nitrogens is 3. The first kappa shape index (κ1) is 16.9. The van der Waals surface area contributed by atoms with Crippen molar-refractivity contribution in [3.05, 3.63) is 11.6 Å². The van der Waals surface area contributed by atoms with Gasteiger partial charge in [0.2, 0.25) is 11.7 Å². The number of carbonyl (C=O) groups is 2. The van der Waals surface area contributed by atoms with E-state index >= 15 is 0 Å². The number of amides is 2. The van der Waals surface area contributed by atoms with Gasteiger partial charge in [0.25, 0.3) is 5.91 Å². The van der Waals surface area contributed by atoms with Crippen molar-refractivity contribution in [2.75, 3.05) is 20.1 Å². The van der Waals surface area contributed by atoms with Crippen molar-refractivity contribution in [2.45, 2.75) is 51.9 Å². The molecule has 2 aliphatic rings. The van der Waals surface area contributed by atoms with Crippen LogP contribution in [0, 0.1) is 11.3 Å². The molecular formula is C17H27N5O2. The third-order valence-corrected chi connectivity index (χ3v) is 5.44. The van der Waals surface area contributed by atoms with Gasteiger partial charge in [-0.05, 0) is 37.5 Å². The zero-order chi connectivity index (χ0) is 17.3. The molecule has 2 heterocycles. The van der Waals surface area contributed by atoms with Gasteiger partial charge in [0, 0.05) is 32.0 Å². The number of piperidine rings is 1. The molecule has 0 aromatic carbocycles. The molecule has 1 aromatic rings. The summed E-state index contributed by atoms with van der Waals surface area (Å²) in [6.45, 7) is 6.02. The maximum absolute atomic E-state index is 12.7. The monoisotopic (exact) mass is 333 g/mol. The van der Waals surface area contributed by atoms with Gasteiger partial charge in [-0.3, -0.25) is 14.7 Å². The van der Waals surface area contributed by atoms with E-state index in [1.54, 1.807) is 7.05 Å². The Bertz CT molecular complexity index is 616. The molecule has 24 heavy (non-hydrogen) atoms. The predicted molar refractivity (Wildman–Crippen MR) is 89.4 cm³/mol. The van der Waals surface area contributed by atoms with Crippen molar-refractivity contribution in [3.8, 4) is 0 Å². The summed E-state index contributed by atoms with van der Waals surface area (Å²) < 4.78 is 0. The van der Waals surface area contributed by atoms with Crippen molar-refractivity contribution in [1.29, 1.82) is 0 Å². The number of carbonyl (C=O) groups excluding carboxylic acids is 2. The number of nitrogens with zero attached hydrogens (tertiary/aromatic N) is 3. The van der Waals surface area contributed by atoms with Crippen molar-refractivity contribution < 1.29 is 9.59 Å². The van der Waals surface area contributed by atoms with Gasteiger partial charge >= 0.3 is 0 Å². The van der Waals surface area contributed by atoms with Crippen LogP contribution in [0.4, 0.5) is 0 Å². The Kier molecular flexibility index (Phi) is 4.60. The fourth-order valence-electron chi connectivity index (χ4n) is 3.95. The molecule has 0 radical (unpaired) electrons. The highest BCUT2D eigenvalue weighted by molar-refractivity contribution is 5.90. The van der Waals surface area contributed by atoms with Gasteiger partial charge in [0.1, 0.15) is 5.82 Å². The summed E-state index contributed by atoms with van der Waals surface area (Å²) in [5, 5.41) is 9.36. The molecule has 1 aromatic heterocycles. The minimum Gasteiger partial charge on any atom is -0.352 e. The number of hydrogen-bond donors (Lipinski definition) is 2. The van der Waals surface area contributed by atoms with E-state index in [1.165, 1.54) is 0 Å². The topological polar surface area (TPSA) is 91.0 Å². The van der Waals surface area contributed by atoms with E-state index in [1.807, 2.05) is 4.90 Å². The Morgan fingerprint density at radius 1 is 1.25 bits per heavy atom. The quantitative estimate of drug-likeness (QED) is 0.881. The highest BCUT2D eigenvalue weighted by Gasteiger charge is 2.38. The smallest absolute Gasteiger partial charge is 0.290 e. The third kappa shape index (κ3) is 3.44. The Morgan fingerprint density at radius 3 is 2.54 bits per heavy atom. The molecule has 2 fully saturated rings. The highest BCUT2D eigenvalue weighted by Crippen LogP contribution is 2.42. The predicted octanol–water partition coefficient (Wildman–Crippen LogP) is 1.70. The molecule has 2 N–H and O–H groups in total. The van der Waals surface area contributed by atoms with E-state index in [2.05, 4.69) is 34.3 Å². The zero-order valence-corrected chi connectivity index (χ0v) is 14.8. The summed E-state index contributed by atoms with van der Waals surface area (Å²) in [6.07, 6.45) is 4.89. The van der Waals surface area contributed by atoms with Gasteiger partial charge in [-0.15, -0.1) is 5.10 Å². The lowest BCUT2D eigenvalue weighted by Crippen LogP contribution is -2.41. The fraction of sp³-hybridized carbons (Fsp3) is 0.765. The van der Waals surface area contributed by atoms with E-state index < -0.39 is 0 Å². The molecule has 1 aliphatic heterocycles. The molecule has 3 rings (SSSR count). The van der Waals surface area contributed by atoms with E-state index in [9.17, 15) is 9.59 Å². The van der Waals surface area contributed by atoms with Crippen LogP contribution < -0.4 is 5.32 Å². The molecule has 7 nitrogen and oxygen atoms in total. The van der Waals surface area contributed by atoms with Crippen molar-refractivity contribution >= 4 is 11.8 Å². The Labute approximate surface area is 142 Å². The first-order valence-electron chi connectivity index (χ1n) is 8.83. The maximum Gasteiger partial charge on any atom is 0.290 e. The molecular weight excluding hydrogens is 306 g/mol. The summed E-state index contributed by atoms with van der Waals surface area (Å²) >= 11 is 0. The molecule has 1 unspecified atom stereocenters. The Balaban J connectivity index is 1.55. The second-order valence-electron chi connectivity index (χ2n) is 7.83. The molecule has 132 valence electrons. The average Bonchev–Trinajstić information content (AvgIpc) is 3.20. The van der Waals surface area contributed by atoms with Crippen LogP contribution >= 0.6 is 0 Å². The van der Waals surface area contributed by atoms with E-state index in [4.69, 9.17) is 0 Å². The molecule has 0 bridgehead atoms. The van der Waals surface area contributed by atoms with Crippen LogP contribution in [-0.4, -0.2) is 52.0 Å². The van der Waals surface area contributed by atoms with Crippen LogP contribution in [-0.2, 0) is 4.79 Å². The molecule has 0 spiro atoms. The first-order chi connectivity index (χ1) is 11.4. The van der Waals surface area contributed by atoms with Gasteiger partial charge < -0.3 is 10.2 Å². The molecule has 7 heteroatoms. The molecule has 1 aliphatic carbocycles. The van der Waals surface area contributed by atoms with Crippen molar-refractivity contribution in [1.82, 2.24) is 25.4 Å². The van der Waals surface area contributed by atoms with Crippen LogP contribution in [0.15, 0.2) is 0 Å². The SMILES string of the molecule is CNC(=O)c1n[nH]c(C2CCN(C(=O)C3CCC(C)(C)C3)CC2)n1. The summed E-state index contributed by atoms with van der Waals surface area (Å²) in [4.78, 5) is 30.5. The minimum absolute atomic E-state index is 0.180. The summed E-state index contributed by atoms with van der Waals surface area (Å²) in [7, 11) is 1.56. The number of likely N-dealkylation sites (tertiary alicyclic amines) is 1. The van der Waals surface area contributed by atoms with Crippen molar-refractivity contribution in [2.24, 2.45) is 11.3 Å². The van der Waals surface area contributed by atoms with E-state index in [0.29, 0.717) is 11.3 Å². The minimum atomic E-state index is -0.283. The number of hydrogen-bond acceptors (Lipinski definition) is 4. The van der Waals surface area contributed by atoms with Crippen LogP contribution in [0.25, 0.3) is 0 Å². The Morgan fingerprint density at radius 2 is 1.96 bits per heavy atom. The normalized spacial score (nSPS) is 24.1. The van der Waals surface area contributed by atoms with E-state index in [0.717, 1.165) is 51.0 Å². The lowest BCUT2D eigenvalue weighted by Gasteiger charge is -2.33. The number of nitrogens with one attached hydrogen (secondary N) is 2. The summed E-state index contributed by atoms with van der Waals surface area (Å²) in [5.41, 5.74) is 0.300. The number of H-pyrrole nitrogens is 1. The van der Waals surface area contributed by atoms with Gasteiger partial charge in [-0.25, -0.2) is 4.98 Å². The van der Waals surface area contributed by atoms with Crippen molar-refractivity contribution in [3.63, 3.8) is 0 Å². The van der Waals surface area contributed by atoms with Crippen LogP contribution in [0.2, 0.25) is 0 Å². The summed E-state index contributed by atoms with van der Waals surface area (Å²) in [5.74, 6) is 1.40. The molecule has 1 saturated carbocycles. The standard InChI is InChI=1S/C17H27N5O2/c1-17(2)7-4-12(10-17)16(24)22-8-5-11(6-9-22)13-19-14(21-20-13)15(23)18-3/h11-12H,4-10H2,1-3H3,(H,18,23)(H,19,20,21). The molecule has 1 saturated heterocycles. The number of rotatable bonds is 3. The third-order valence-electron chi connectivity index (χ3n) is 5.44. The molecule has 2 amide bonds. The maximum atomic E-state index is 12.7. The second kappa shape index (κ2) is 6.53. The van der Waals surface area contributed by atoms with Gasteiger partial charge in [-0.1, -0.05) is 13.8 Å². The zero-order valence-electron chi connectivity index (χ0n) is 14.8. The number of aromatic amines is 1. The first-order valence-corrected chi connectivity index (χ1v) is 8.83. The largest absolute Gasteiger partial charge is 0.352 e. The van der Waals surface area contributed by atoms with Crippen LogP contribution in [0.3, 0.4) is 0 Å². The van der Waals surface area contributed by atoms with Crippen LogP contribution in [0.1, 0.15) is 68.3 Å². The fourth-order valence-corrected chi connectivity index (χ4v) is 3.95. The van der Waals surface area contributed by atoms with Gasteiger partial charge in [0.05, 0.1) is 0 Å². The average molecular weight is 333 g/mol. The van der Waals surface area contributed by atoms with Gasteiger partial charge in [-0.2, -0.15) is 0 Å². The highest BCUT2D eigenvalue weighted by atomic mass is 16.2. The summed E-state index contributed by atoms with van der Waals surface area (Å²) in [6, 6.07) is 0. The molecule has 1 atom stereocenters. The van der Waals surface area contributed by atoms with E-state index in [-0.39, 0.29) is 23.6 Å². The van der Waals surface area contributed by atoms with Gasteiger partial charge in [0.15, 0.2) is 0 Å².